The first-order valence-electron chi connectivity index (χ1n) is 8.21. The van der Waals surface area contributed by atoms with Crippen LogP contribution in [-0.2, 0) is 0 Å². The topological polar surface area (TPSA) is 29.1 Å². The van der Waals surface area contributed by atoms with Crippen molar-refractivity contribution in [3.63, 3.8) is 0 Å². The van der Waals surface area contributed by atoms with Crippen LogP contribution in [-0.4, -0.2) is 12.3 Å². The maximum Gasteiger partial charge on any atom is 0.159 e. The van der Waals surface area contributed by atoms with Crippen molar-refractivity contribution in [1.82, 2.24) is 5.32 Å². The highest BCUT2D eigenvalue weighted by Crippen LogP contribution is 2.28. The van der Waals surface area contributed by atoms with Gasteiger partial charge in [0, 0.05) is 20.6 Å². The van der Waals surface area contributed by atoms with Crippen molar-refractivity contribution in [3.05, 3.63) is 68.6 Å². The Kier molecular flexibility index (Phi) is 7.66. The summed E-state index contributed by atoms with van der Waals surface area (Å²) in [6.07, 6.45) is 2.83. The summed E-state index contributed by atoms with van der Waals surface area (Å²) in [7, 11) is 0. The van der Waals surface area contributed by atoms with E-state index in [1.165, 1.54) is 24.9 Å². The Morgan fingerprint density at radius 2 is 1.54 bits per heavy atom. The van der Waals surface area contributed by atoms with Crippen molar-refractivity contribution in [2.24, 2.45) is 5.92 Å². The smallest absolute Gasteiger partial charge is 0.159 e. The lowest BCUT2D eigenvalue weighted by Crippen LogP contribution is -2.20. The minimum absolute atomic E-state index is 0.104. The predicted molar refractivity (Wildman–Crippen MR) is 107 cm³/mol. The fraction of sp³-hybridized carbons (Fsp3) is 0.350. The fourth-order valence-corrected chi connectivity index (χ4v) is 2.75. The Hall–Kier alpha value is -0.970. The van der Waals surface area contributed by atoms with Crippen LogP contribution in [0.25, 0.3) is 0 Å². The molecule has 1 saturated carbocycles. The van der Waals surface area contributed by atoms with Crippen LogP contribution in [0.2, 0.25) is 0 Å². The Labute approximate surface area is 161 Å². The molecule has 0 heterocycles. The minimum Gasteiger partial charge on any atom is -0.310 e. The maximum absolute atomic E-state index is 10.7. The number of halogens is 2. The average molecular weight is 453 g/mol. The first-order valence-corrected chi connectivity index (χ1v) is 9.79. The normalized spacial score (nSPS) is 14.5. The van der Waals surface area contributed by atoms with Crippen LogP contribution >= 0.6 is 31.9 Å². The number of carbonyl (C=O) groups excluding carboxylic acids is 1. The molecule has 0 aromatic heterocycles. The molecular formula is C20H23Br2NO. The van der Waals surface area contributed by atoms with E-state index in [2.05, 4.69) is 68.4 Å². The van der Waals surface area contributed by atoms with Gasteiger partial charge in [0.2, 0.25) is 0 Å². The standard InChI is InChI=1S/C12H16BrN.C8H7BrO/c1-9(14-8-10-2-3-10)11-4-6-12(13)7-5-11;1-6(10)7-2-4-8(9)5-3-7/h4-7,9-10,14H,2-3,8H2,1H3;2-5H,1H3. The molecule has 128 valence electrons. The number of hydrogen-bond acceptors (Lipinski definition) is 2. The van der Waals surface area contributed by atoms with Gasteiger partial charge in [-0.3, -0.25) is 4.79 Å². The molecule has 1 aliphatic rings. The van der Waals surface area contributed by atoms with Crippen molar-refractivity contribution in [2.75, 3.05) is 6.54 Å². The molecule has 0 bridgehead atoms. The quantitative estimate of drug-likeness (QED) is 0.550. The molecular weight excluding hydrogens is 430 g/mol. The number of carbonyl (C=O) groups is 1. The molecule has 1 unspecified atom stereocenters. The number of Topliss-reactive ketones (excluding diaryl/α,β-unsaturated/α-hetero) is 1. The summed E-state index contributed by atoms with van der Waals surface area (Å²) in [6, 6.07) is 16.3. The number of nitrogens with one attached hydrogen (secondary N) is 1. The van der Waals surface area contributed by atoms with E-state index in [1.54, 1.807) is 19.1 Å². The van der Waals surface area contributed by atoms with Crippen LogP contribution in [0.1, 0.15) is 48.7 Å². The molecule has 24 heavy (non-hydrogen) atoms. The van der Waals surface area contributed by atoms with Gasteiger partial charge < -0.3 is 5.32 Å². The lowest BCUT2D eigenvalue weighted by Gasteiger charge is -2.13. The Bertz CT molecular complexity index is 648. The largest absolute Gasteiger partial charge is 0.310 e. The van der Waals surface area contributed by atoms with Crippen molar-refractivity contribution in [1.29, 1.82) is 0 Å². The zero-order chi connectivity index (χ0) is 17.5. The lowest BCUT2D eigenvalue weighted by atomic mass is 10.1. The third-order valence-electron chi connectivity index (χ3n) is 4.03. The Balaban J connectivity index is 0.000000185. The highest BCUT2D eigenvalue weighted by molar-refractivity contribution is 9.10. The first-order chi connectivity index (χ1) is 11.5. The van der Waals surface area contributed by atoms with E-state index in [9.17, 15) is 4.79 Å². The van der Waals surface area contributed by atoms with Crippen LogP contribution in [0.5, 0.6) is 0 Å². The van der Waals surface area contributed by atoms with Crippen LogP contribution in [0.15, 0.2) is 57.5 Å². The minimum atomic E-state index is 0.104. The van der Waals surface area contributed by atoms with E-state index in [0.29, 0.717) is 6.04 Å². The summed E-state index contributed by atoms with van der Waals surface area (Å²) in [5.74, 6) is 1.06. The Morgan fingerprint density at radius 1 is 1.04 bits per heavy atom. The van der Waals surface area contributed by atoms with Crippen molar-refractivity contribution in [2.45, 2.75) is 32.7 Å². The lowest BCUT2D eigenvalue weighted by molar-refractivity contribution is 0.101. The average Bonchev–Trinajstić information content (AvgIpc) is 3.39. The van der Waals surface area contributed by atoms with Gasteiger partial charge in [-0.2, -0.15) is 0 Å². The fourth-order valence-electron chi connectivity index (χ4n) is 2.22. The second kappa shape index (κ2) is 9.50. The van der Waals surface area contributed by atoms with Gasteiger partial charge in [0.1, 0.15) is 0 Å². The summed E-state index contributed by atoms with van der Waals surface area (Å²) in [5.41, 5.74) is 2.12. The third kappa shape index (κ3) is 6.88. The molecule has 3 rings (SSSR count). The molecule has 2 aromatic carbocycles. The van der Waals surface area contributed by atoms with Gasteiger partial charge in [-0.15, -0.1) is 0 Å². The molecule has 0 spiro atoms. The molecule has 2 aromatic rings. The molecule has 1 atom stereocenters. The summed E-state index contributed by atoms with van der Waals surface area (Å²) in [4.78, 5) is 10.7. The third-order valence-corrected chi connectivity index (χ3v) is 5.09. The molecule has 0 radical (unpaired) electrons. The van der Waals surface area contributed by atoms with E-state index >= 15 is 0 Å². The molecule has 1 fully saturated rings. The molecule has 1 N–H and O–H groups in total. The van der Waals surface area contributed by atoms with E-state index in [4.69, 9.17) is 0 Å². The van der Waals surface area contributed by atoms with Gasteiger partial charge in [0.05, 0.1) is 0 Å². The summed E-state index contributed by atoms with van der Waals surface area (Å²) in [6.45, 7) is 4.96. The van der Waals surface area contributed by atoms with Crippen molar-refractivity contribution >= 4 is 37.6 Å². The molecule has 4 heteroatoms. The number of benzene rings is 2. The van der Waals surface area contributed by atoms with E-state index in [-0.39, 0.29) is 5.78 Å². The van der Waals surface area contributed by atoms with E-state index in [1.807, 2.05) is 12.1 Å². The van der Waals surface area contributed by atoms with E-state index in [0.717, 1.165) is 20.4 Å². The molecule has 0 amide bonds. The molecule has 0 aliphatic heterocycles. The second-order valence-electron chi connectivity index (χ2n) is 6.19. The summed E-state index contributed by atoms with van der Waals surface area (Å²) in [5, 5.41) is 3.56. The summed E-state index contributed by atoms with van der Waals surface area (Å²) >= 11 is 6.73. The van der Waals surface area contributed by atoms with Crippen LogP contribution < -0.4 is 5.32 Å². The summed E-state index contributed by atoms with van der Waals surface area (Å²) < 4.78 is 2.15. The molecule has 0 saturated heterocycles. The van der Waals surface area contributed by atoms with Crippen LogP contribution in [0.4, 0.5) is 0 Å². The van der Waals surface area contributed by atoms with Crippen molar-refractivity contribution in [3.8, 4) is 0 Å². The zero-order valence-corrected chi connectivity index (χ0v) is 17.2. The number of ketones is 1. The Morgan fingerprint density at radius 3 is 2.00 bits per heavy atom. The monoisotopic (exact) mass is 451 g/mol. The van der Waals surface area contributed by atoms with Gasteiger partial charge in [-0.1, -0.05) is 56.1 Å². The van der Waals surface area contributed by atoms with Gasteiger partial charge in [-0.05, 0) is 69.0 Å². The second-order valence-corrected chi connectivity index (χ2v) is 8.02. The SMILES string of the molecule is CC(=O)c1ccc(Br)cc1.CC(NCC1CC1)c1ccc(Br)cc1. The van der Waals surface area contributed by atoms with Crippen LogP contribution in [0.3, 0.4) is 0 Å². The first kappa shape index (κ1) is 19.4. The molecule has 1 aliphatic carbocycles. The van der Waals surface area contributed by atoms with Crippen LogP contribution in [0, 0.1) is 5.92 Å². The molecule has 2 nitrogen and oxygen atoms in total. The predicted octanol–water partition coefficient (Wildman–Crippen LogP) is 6.16. The number of hydrogen-bond donors (Lipinski definition) is 1. The maximum atomic E-state index is 10.7. The highest BCUT2D eigenvalue weighted by atomic mass is 79.9. The van der Waals surface area contributed by atoms with Gasteiger partial charge >= 0.3 is 0 Å². The van der Waals surface area contributed by atoms with Gasteiger partial charge in [0.25, 0.3) is 0 Å². The van der Waals surface area contributed by atoms with E-state index < -0.39 is 0 Å². The van der Waals surface area contributed by atoms with Crippen molar-refractivity contribution < 1.29 is 4.79 Å². The van der Waals surface area contributed by atoms with Gasteiger partial charge in [-0.25, -0.2) is 0 Å². The number of rotatable bonds is 5. The highest BCUT2D eigenvalue weighted by Gasteiger charge is 2.21. The van der Waals surface area contributed by atoms with Gasteiger partial charge in [0.15, 0.2) is 5.78 Å². The zero-order valence-electron chi connectivity index (χ0n) is 14.1.